The number of nitrogens with zero attached hydrogens (tertiary/aromatic N) is 3. The Balaban J connectivity index is 1.70. The molecule has 3 rings (SSSR count). The van der Waals surface area contributed by atoms with Gasteiger partial charge in [0.1, 0.15) is 6.17 Å². The van der Waals surface area contributed by atoms with E-state index in [1.807, 2.05) is 55.5 Å². The molecule has 1 aromatic heterocycles. The number of rotatable bonds is 6. The predicted octanol–water partition coefficient (Wildman–Crippen LogP) is 5.36. The molecule has 0 spiro atoms. The van der Waals surface area contributed by atoms with Crippen molar-refractivity contribution in [1.82, 2.24) is 10.2 Å². The summed E-state index contributed by atoms with van der Waals surface area (Å²) in [6.07, 6.45) is 1.16. The second-order valence-electron chi connectivity index (χ2n) is 6.23. The third kappa shape index (κ3) is 4.31. The van der Waals surface area contributed by atoms with Gasteiger partial charge in [0.25, 0.3) is 0 Å². The van der Waals surface area contributed by atoms with E-state index in [9.17, 15) is 4.39 Å². The van der Waals surface area contributed by atoms with Crippen LogP contribution in [0.5, 0.6) is 0 Å². The van der Waals surface area contributed by atoms with E-state index in [2.05, 4.69) is 16.3 Å². The average molecular weight is 345 g/mol. The van der Waals surface area contributed by atoms with E-state index in [0.29, 0.717) is 18.4 Å². The van der Waals surface area contributed by atoms with Crippen LogP contribution in [0.1, 0.15) is 30.9 Å². The van der Waals surface area contributed by atoms with Crippen LogP contribution in [-0.2, 0) is 6.42 Å². The molecule has 0 radical (unpaired) electrons. The smallest absolute Gasteiger partial charge is 0.100 e. The molecular formula is C22H20FN3. The normalized spacial score (nSPS) is 11.7. The van der Waals surface area contributed by atoms with Crippen LogP contribution in [0.3, 0.4) is 0 Å². The second-order valence-corrected chi connectivity index (χ2v) is 6.23. The average Bonchev–Trinajstić information content (AvgIpc) is 2.72. The molecule has 0 saturated carbocycles. The number of hydrogen-bond donors (Lipinski definition) is 0. The minimum Gasteiger partial charge on any atom is -0.247 e. The van der Waals surface area contributed by atoms with E-state index in [4.69, 9.17) is 5.26 Å². The van der Waals surface area contributed by atoms with Crippen molar-refractivity contribution >= 4 is 0 Å². The maximum Gasteiger partial charge on any atom is 0.100 e. The molecule has 0 fully saturated rings. The van der Waals surface area contributed by atoms with Crippen molar-refractivity contribution in [3.8, 4) is 28.6 Å². The fourth-order valence-corrected chi connectivity index (χ4v) is 2.73. The topological polar surface area (TPSA) is 49.6 Å². The van der Waals surface area contributed by atoms with Crippen LogP contribution in [0.25, 0.3) is 22.5 Å². The number of alkyl halides is 1. The molecule has 26 heavy (non-hydrogen) atoms. The van der Waals surface area contributed by atoms with Gasteiger partial charge in [-0.1, -0.05) is 43.3 Å². The van der Waals surface area contributed by atoms with Gasteiger partial charge in [0.15, 0.2) is 0 Å². The van der Waals surface area contributed by atoms with E-state index >= 15 is 0 Å². The monoisotopic (exact) mass is 345 g/mol. The van der Waals surface area contributed by atoms with Gasteiger partial charge in [-0.25, -0.2) is 4.39 Å². The van der Waals surface area contributed by atoms with Crippen molar-refractivity contribution in [2.45, 2.75) is 32.4 Å². The summed E-state index contributed by atoms with van der Waals surface area (Å²) in [5.41, 5.74) is 5.23. The molecule has 0 aliphatic carbocycles. The number of nitriles is 1. The first-order chi connectivity index (χ1) is 12.7. The Hall–Kier alpha value is -3.06. The SMILES string of the molecule is CCC(F)CCc1ccc(-c2ccc(-c3ccc(C#N)cc3)nn2)cc1. The lowest BCUT2D eigenvalue weighted by Crippen LogP contribution is -1.99. The Morgan fingerprint density at radius 2 is 1.42 bits per heavy atom. The van der Waals surface area contributed by atoms with Crippen LogP contribution in [0.4, 0.5) is 4.39 Å². The van der Waals surface area contributed by atoms with Crippen molar-refractivity contribution in [2.24, 2.45) is 0 Å². The molecule has 4 heteroatoms. The van der Waals surface area contributed by atoms with E-state index in [0.717, 1.165) is 34.5 Å². The quantitative estimate of drug-likeness (QED) is 0.604. The summed E-state index contributed by atoms with van der Waals surface area (Å²) in [4.78, 5) is 0. The fourth-order valence-electron chi connectivity index (χ4n) is 2.73. The van der Waals surface area contributed by atoms with Gasteiger partial charge in [0.2, 0.25) is 0 Å². The minimum absolute atomic E-state index is 0.564. The highest BCUT2D eigenvalue weighted by molar-refractivity contribution is 5.64. The van der Waals surface area contributed by atoms with E-state index in [-0.39, 0.29) is 0 Å². The fraction of sp³-hybridized carbons (Fsp3) is 0.227. The van der Waals surface area contributed by atoms with Crippen molar-refractivity contribution in [3.05, 3.63) is 71.8 Å². The second kappa shape index (κ2) is 8.35. The highest BCUT2D eigenvalue weighted by Gasteiger charge is 2.06. The van der Waals surface area contributed by atoms with Crippen LogP contribution in [0.2, 0.25) is 0 Å². The van der Waals surface area contributed by atoms with Gasteiger partial charge in [-0.2, -0.15) is 5.26 Å². The van der Waals surface area contributed by atoms with Gasteiger partial charge in [-0.05, 0) is 49.1 Å². The van der Waals surface area contributed by atoms with Crippen molar-refractivity contribution in [3.63, 3.8) is 0 Å². The van der Waals surface area contributed by atoms with Crippen LogP contribution in [0.15, 0.2) is 60.7 Å². The van der Waals surface area contributed by atoms with Gasteiger partial charge >= 0.3 is 0 Å². The molecule has 130 valence electrons. The Morgan fingerprint density at radius 1 is 0.885 bits per heavy atom. The molecular weight excluding hydrogens is 325 g/mol. The molecule has 1 heterocycles. The molecule has 2 aromatic carbocycles. The Labute approximate surface area is 153 Å². The van der Waals surface area contributed by atoms with Crippen LogP contribution in [-0.4, -0.2) is 16.4 Å². The van der Waals surface area contributed by atoms with Crippen molar-refractivity contribution in [1.29, 1.82) is 5.26 Å². The molecule has 3 nitrogen and oxygen atoms in total. The maximum atomic E-state index is 13.3. The first-order valence-electron chi connectivity index (χ1n) is 8.77. The first kappa shape index (κ1) is 17.8. The number of hydrogen-bond acceptors (Lipinski definition) is 3. The molecule has 0 aliphatic rings. The number of aromatic nitrogens is 2. The van der Waals surface area contributed by atoms with Crippen LogP contribution < -0.4 is 0 Å². The Bertz CT molecular complexity index is 879. The predicted molar refractivity (Wildman–Crippen MR) is 101 cm³/mol. The third-order valence-electron chi connectivity index (χ3n) is 4.41. The third-order valence-corrected chi connectivity index (χ3v) is 4.41. The van der Waals surface area contributed by atoms with Gasteiger partial charge < -0.3 is 0 Å². The zero-order valence-corrected chi connectivity index (χ0v) is 14.7. The highest BCUT2D eigenvalue weighted by atomic mass is 19.1. The summed E-state index contributed by atoms with van der Waals surface area (Å²) in [5, 5.41) is 17.5. The van der Waals surface area contributed by atoms with Crippen molar-refractivity contribution < 1.29 is 4.39 Å². The minimum atomic E-state index is -0.727. The van der Waals surface area contributed by atoms with Gasteiger partial charge in [0.05, 0.1) is 23.0 Å². The molecule has 1 atom stereocenters. The maximum absolute atomic E-state index is 13.3. The summed E-state index contributed by atoms with van der Waals surface area (Å²) in [6, 6.07) is 21.3. The number of halogens is 1. The van der Waals surface area contributed by atoms with Gasteiger partial charge in [-0.3, -0.25) is 0 Å². The lowest BCUT2D eigenvalue weighted by molar-refractivity contribution is 0.306. The lowest BCUT2D eigenvalue weighted by atomic mass is 10.0. The summed E-state index contributed by atoms with van der Waals surface area (Å²) >= 11 is 0. The molecule has 0 aliphatic heterocycles. The highest BCUT2D eigenvalue weighted by Crippen LogP contribution is 2.22. The van der Waals surface area contributed by atoms with E-state index < -0.39 is 6.17 Å². The molecule has 0 saturated heterocycles. The standard InChI is InChI=1S/C22H20FN3/c1-2-20(23)12-7-16-3-8-18(9-4-16)21-13-14-22(26-25-21)19-10-5-17(15-24)6-11-19/h3-6,8-11,13-14,20H,2,7,12H2,1H3. The lowest BCUT2D eigenvalue weighted by Gasteiger charge is -2.07. The van der Waals surface area contributed by atoms with E-state index in [1.165, 1.54) is 0 Å². The molecule has 0 bridgehead atoms. The molecule has 1 unspecified atom stereocenters. The first-order valence-corrected chi connectivity index (χ1v) is 8.77. The Kier molecular flexibility index (Phi) is 5.70. The summed E-state index contributed by atoms with van der Waals surface area (Å²) < 4.78 is 13.3. The van der Waals surface area contributed by atoms with E-state index in [1.54, 1.807) is 12.1 Å². The zero-order chi connectivity index (χ0) is 18.4. The summed E-state index contributed by atoms with van der Waals surface area (Å²) in [6.45, 7) is 1.87. The van der Waals surface area contributed by atoms with Crippen LogP contribution in [0, 0.1) is 11.3 Å². The van der Waals surface area contributed by atoms with Gasteiger partial charge in [0, 0.05) is 11.1 Å². The largest absolute Gasteiger partial charge is 0.247 e. The zero-order valence-electron chi connectivity index (χ0n) is 14.7. The van der Waals surface area contributed by atoms with Crippen molar-refractivity contribution in [2.75, 3.05) is 0 Å². The molecule has 3 aromatic rings. The summed E-state index contributed by atoms with van der Waals surface area (Å²) in [7, 11) is 0. The van der Waals surface area contributed by atoms with Gasteiger partial charge in [-0.15, -0.1) is 10.2 Å². The number of aryl methyl sites for hydroxylation is 1. The molecule has 0 N–H and O–H groups in total. The summed E-state index contributed by atoms with van der Waals surface area (Å²) in [5.74, 6) is 0. The van der Waals surface area contributed by atoms with Crippen LogP contribution >= 0.6 is 0 Å². The Morgan fingerprint density at radius 3 is 1.88 bits per heavy atom. The number of benzene rings is 2. The molecule has 0 amide bonds.